The van der Waals surface area contributed by atoms with Crippen molar-refractivity contribution in [2.45, 2.75) is 38.6 Å². The van der Waals surface area contributed by atoms with Gasteiger partial charge in [0, 0.05) is 6.04 Å². The van der Waals surface area contributed by atoms with Crippen molar-refractivity contribution in [2.24, 2.45) is 11.8 Å². The first-order valence-electron chi connectivity index (χ1n) is 6.38. The number of hydrazine groups is 1. The zero-order valence-corrected chi connectivity index (χ0v) is 10.6. The number of nitrogens with two attached hydrogens (primary N) is 1. The molecule has 17 heavy (non-hydrogen) atoms. The Morgan fingerprint density at radius 2 is 2.00 bits per heavy atom. The lowest BCUT2D eigenvalue weighted by atomic mass is 9.92. The molecule has 1 aliphatic rings. The largest absolute Gasteiger partial charge is 0.271 e. The molecule has 0 spiro atoms. The molecule has 1 atom stereocenters. The lowest BCUT2D eigenvalue weighted by molar-refractivity contribution is 0.350. The summed E-state index contributed by atoms with van der Waals surface area (Å²) in [6.07, 6.45) is 4.45. The van der Waals surface area contributed by atoms with Crippen LogP contribution in [-0.2, 0) is 12.8 Å². The molecule has 0 radical (unpaired) electrons. The van der Waals surface area contributed by atoms with Crippen molar-refractivity contribution >= 4 is 0 Å². The minimum absolute atomic E-state index is 0.402. The first-order chi connectivity index (χ1) is 8.20. The predicted molar refractivity (Wildman–Crippen MR) is 72.5 cm³/mol. The molecule has 92 valence electrons. The van der Waals surface area contributed by atoms with Crippen molar-refractivity contribution in [3.8, 4) is 0 Å². The highest BCUT2D eigenvalue weighted by atomic mass is 15.2. The van der Waals surface area contributed by atoms with E-state index in [0.717, 1.165) is 25.7 Å². The van der Waals surface area contributed by atoms with Crippen molar-refractivity contribution < 1.29 is 0 Å². The van der Waals surface area contributed by atoms with Gasteiger partial charge < -0.3 is 0 Å². The summed E-state index contributed by atoms with van der Waals surface area (Å²) in [5, 5.41) is 0. The molecule has 0 bridgehead atoms. The first kappa shape index (κ1) is 12.3. The Hall–Kier alpha value is -1.12. The number of allylic oxidation sites excluding steroid dienone is 1. The molecule has 1 aromatic carbocycles. The second-order valence-electron chi connectivity index (χ2n) is 5.21. The highest BCUT2D eigenvalue weighted by Crippen LogP contribution is 2.30. The molecule has 0 heterocycles. The van der Waals surface area contributed by atoms with E-state index in [2.05, 4.69) is 43.2 Å². The van der Waals surface area contributed by atoms with Gasteiger partial charge in [0.1, 0.15) is 0 Å². The van der Waals surface area contributed by atoms with E-state index in [4.69, 9.17) is 5.84 Å². The molecule has 2 nitrogen and oxygen atoms in total. The van der Waals surface area contributed by atoms with Gasteiger partial charge in [-0.05, 0) is 49.7 Å². The topological polar surface area (TPSA) is 38.0 Å². The smallest absolute Gasteiger partial charge is 0.0248 e. The first-order valence-corrected chi connectivity index (χ1v) is 6.38. The summed E-state index contributed by atoms with van der Waals surface area (Å²) in [6.45, 7) is 6.04. The van der Waals surface area contributed by atoms with Crippen molar-refractivity contribution in [2.75, 3.05) is 0 Å². The molecule has 0 saturated carbocycles. The number of fused-ring (bicyclic) bond motifs is 1. The van der Waals surface area contributed by atoms with Crippen LogP contribution in [0.2, 0.25) is 0 Å². The van der Waals surface area contributed by atoms with Crippen LogP contribution in [0.4, 0.5) is 0 Å². The number of hydrogen-bond acceptors (Lipinski definition) is 2. The summed E-state index contributed by atoms with van der Waals surface area (Å²) in [5.41, 5.74) is 7.22. The summed E-state index contributed by atoms with van der Waals surface area (Å²) < 4.78 is 0. The average molecular weight is 230 g/mol. The quantitative estimate of drug-likeness (QED) is 0.463. The minimum atomic E-state index is 0.402. The van der Waals surface area contributed by atoms with E-state index in [1.54, 1.807) is 0 Å². The van der Waals surface area contributed by atoms with Crippen molar-refractivity contribution in [1.82, 2.24) is 5.43 Å². The molecule has 1 aromatic rings. The molecule has 2 heteroatoms. The van der Waals surface area contributed by atoms with Crippen LogP contribution < -0.4 is 11.3 Å². The maximum atomic E-state index is 5.69. The molecule has 0 aromatic heterocycles. The van der Waals surface area contributed by atoms with Crippen LogP contribution in [-0.4, -0.2) is 6.04 Å². The Labute approximate surface area is 104 Å². The van der Waals surface area contributed by atoms with E-state index in [-0.39, 0.29) is 0 Å². The summed E-state index contributed by atoms with van der Waals surface area (Å²) in [4.78, 5) is 0. The van der Waals surface area contributed by atoms with Crippen molar-refractivity contribution in [3.05, 3.63) is 47.5 Å². The summed E-state index contributed by atoms with van der Waals surface area (Å²) >= 11 is 0. The Morgan fingerprint density at radius 3 is 2.47 bits per heavy atom. The van der Waals surface area contributed by atoms with Crippen LogP contribution in [0.5, 0.6) is 0 Å². The van der Waals surface area contributed by atoms with E-state index in [0.29, 0.717) is 12.0 Å². The van der Waals surface area contributed by atoms with Gasteiger partial charge in [-0.25, -0.2) is 0 Å². The lowest BCUT2D eigenvalue weighted by Gasteiger charge is -2.22. The number of nitrogens with one attached hydrogen (secondary N) is 1. The Kier molecular flexibility index (Phi) is 3.97. The van der Waals surface area contributed by atoms with Gasteiger partial charge >= 0.3 is 0 Å². The van der Waals surface area contributed by atoms with Gasteiger partial charge in [0.15, 0.2) is 0 Å². The average Bonchev–Trinajstić information content (AvgIpc) is 2.72. The fourth-order valence-electron chi connectivity index (χ4n) is 2.73. The van der Waals surface area contributed by atoms with Gasteiger partial charge in [-0.3, -0.25) is 11.3 Å². The molecule has 0 aliphatic heterocycles. The highest BCUT2D eigenvalue weighted by molar-refractivity contribution is 5.32. The molecule has 2 rings (SSSR count). The molecule has 3 N–H and O–H groups in total. The van der Waals surface area contributed by atoms with Gasteiger partial charge in [-0.1, -0.05) is 29.8 Å². The van der Waals surface area contributed by atoms with E-state index in [1.807, 2.05) is 0 Å². The fourth-order valence-corrected chi connectivity index (χ4v) is 2.73. The normalized spacial score (nSPS) is 16.8. The van der Waals surface area contributed by atoms with Crippen molar-refractivity contribution in [1.29, 1.82) is 0 Å². The van der Waals surface area contributed by atoms with Gasteiger partial charge in [0.05, 0.1) is 0 Å². The molecular weight excluding hydrogens is 208 g/mol. The number of rotatable bonds is 5. The standard InChI is InChI=1S/C15H22N2/c1-11(2)7-8-15(17-16)14-9-12-5-3-4-6-13(12)10-14/h3-6,14-15,17H,1,7-10,16H2,2H3. The maximum Gasteiger partial charge on any atom is 0.0248 e. The predicted octanol–water partition coefficient (Wildman–Crippen LogP) is 2.59. The van der Waals surface area contributed by atoms with Gasteiger partial charge in [-0.15, -0.1) is 6.58 Å². The van der Waals surface area contributed by atoms with E-state index in [1.165, 1.54) is 16.7 Å². The maximum absolute atomic E-state index is 5.69. The Bertz CT molecular complexity index is 373. The number of benzene rings is 1. The highest BCUT2D eigenvalue weighted by Gasteiger charge is 2.27. The molecule has 0 amide bonds. The monoisotopic (exact) mass is 230 g/mol. The third-order valence-corrected chi connectivity index (χ3v) is 3.75. The van der Waals surface area contributed by atoms with Gasteiger partial charge in [-0.2, -0.15) is 0 Å². The third-order valence-electron chi connectivity index (χ3n) is 3.75. The van der Waals surface area contributed by atoms with E-state index < -0.39 is 0 Å². The second-order valence-corrected chi connectivity index (χ2v) is 5.21. The van der Waals surface area contributed by atoms with Crippen LogP contribution >= 0.6 is 0 Å². The lowest BCUT2D eigenvalue weighted by Crippen LogP contribution is -2.41. The van der Waals surface area contributed by atoms with E-state index in [9.17, 15) is 0 Å². The number of hydrogen-bond donors (Lipinski definition) is 2. The Balaban J connectivity index is 1.97. The zero-order valence-electron chi connectivity index (χ0n) is 10.6. The summed E-state index contributed by atoms with van der Waals surface area (Å²) in [5.74, 6) is 6.33. The van der Waals surface area contributed by atoms with Crippen LogP contribution in [0.25, 0.3) is 0 Å². The third kappa shape index (κ3) is 2.96. The molecule has 1 unspecified atom stereocenters. The van der Waals surface area contributed by atoms with Crippen LogP contribution in [0, 0.1) is 5.92 Å². The minimum Gasteiger partial charge on any atom is -0.271 e. The SMILES string of the molecule is C=C(C)CCC(NN)C1Cc2ccccc2C1. The van der Waals surface area contributed by atoms with Crippen LogP contribution in [0.15, 0.2) is 36.4 Å². The fraction of sp³-hybridized carbons (Fsp3) is 0.467. The van der Waals surface area contributed by atoms with Crippen LogP contribution in [0.1, 0.15) is 30.9 Å². The zero-order chi connectivity index (χ0) is 12.3. The molecule has 1 aliphatic carbocycles. The van der Waals surface area contributed by atoms with Gasteiger partial charge in [0.2, 0.25) is 0 Å². The van der Waals surface area contributed by atoms with Crippen LogP contribution in [0.3, 0.4) is 0 Å². The molecule has 0 saturated heterocycles. The summed E-state index contributed by atoms with van der Waals surface area (Å²) in [7, 11) is 0. The molecule has 0 fully saturated rings. The van der Waals surface area contributed by atoms with E-state index >= 15 is 0 Å². The Morgan fingerprint density at radius 1 is 1.41 bits per heavy atom. The molecular formula is C15H22N2. The second kappa shape index (κ2) is 5.48. The summed E-state index contributed by atoms with van der Waals surface area (Å²) in [6, 6.07) is 9.13. The van der Waals surface area contributed by atoms with Crippen molar-refractivity contribution in [3.63, 3.8) is 0 Å². The van der Waals surface area contributed by atoms with Gasteiger partial charge in [0.25, 0.3) is 0 Å².